The van der Waals surface area contributed by atoms with E-state index >= 15 is 0 Å². The van der Waals surface area contributed by atoms with Crippen LogP contribution in [0.5, 0.6) is 0 Å². The van der Waals surface area contributed by atoms with Crippen molar-refractivity contribution in [3.05, 3.63) is 46.0 Å². The maximum Gasteiger partial charge on any atom is 0.289 e. The van der Waals surface area contributed by atoms with Gasteiger partial charge in [0.05, 0.1) is 11.5 Å². The van der Waals surface area contributed by atoms with Crippen LogP contribution < -0.4 is 4.72 Å². The molecule has 0 aliphatic heterocycles. The monoisotopic (exact) mass is 297 g/mol. The number of nitrogens with zero attached hydrogens (tertiary/aromatic N) is 3. The van der Waals surface area contributed by atoms with E-state index < -0.39 is 20.6 Å². The van der Waals surface area contributed by atoms with E-state index in [0.29, 0.717) is 11.4 Å². The summed E-state index contributed by atoms with van der Waals surface area (Å²) in [4.78, 5) is 13.6. The largest absolute Gasteiger partial charge is 0.289 e. The highest BCUT2D eigenvalue weighted by Crippen LogP contribution is 2.26. The van der Waals surface area contributed by atoms with Crippen molar-refractivity contribution in [3.63, 3.8) is 0 Å². The summed E-state index contributed by atoms with van der Waals surface area (Å²) in [6.45, 7) is 1.36. The standard InChI is InChI=1S/C10H11N5O4S/c1-7-3-2-4-8(15(16)17)10(7)20(18,19)13-5-9-11-6-12-14-9/h2-4,6,13H,5H2,1H3,(H,11,12,14). The third-order valence-electron chi connectivity index (χ3n) is 2.55. The highest BCUT2D eigenvalue weighted by atomic mass is 32.2. The van der Waals surface area contributed by atoms with Crippen molar-refractivity contribution in [1.29, 1.82) is 0 Å². The smallest absolute Gasteiger partial charge is 0.262 e. The molecule has 0 saturated heterocycles. The summed E-state index contributed by atoms with van der Waals surface area (Å²) >= 11 is 0. The molecule has 0 spiro atoms. The Bertz CT molecular complexity index is 726. The lowest BCUT2D eigenvalue weighted by molar-refractivity contribution is -0.387. The lowest BCUT2D eigenvalue weighted by atomic mass is 10.2. The topological polar surface area (TPSA) is 131 Å². The van der Waals surface area contributed by atoms with Crippen LogP contribution >= 0.6 is 0 Å². The van der Waals surface area contributed by atoms with Crippen LogP contribution in [0.15, 0.2) is 29.4 Å². The normalized spacial score (nSPS) is 11.4. The van der Waals surface area contributed by atoms with E-state index in [1.165, 1.54) is 25.4 Å². The van der Waals surface area contributed by atoms with E-state index in [0.717, 1.165) is 6.07 Å². The predicted octanol–water partition coefficient (Wildman–Crippen LogP) is 0.500. The summed E-state index contributed by atoms with van der Waals surface area (Å²) in [5.41, 5.74) is -0.167. The average Bonchev–Trinajstić information content (AvgIpc) is 2.89. The number of H-pyrrole nitrogens is 1. The lowest BCUT2D eigenvalue weighted by Gasteiger charge is -2.08. The summed E-state index contributed by atoms with van der Waals surface area (Å²) in [5, 5.41) is 17.0. The number of nitro groups is 1. The number of aromatic nitrogens is 3. The molecule has 0 bridgehead atoms. The quantitative estimate of drug-likeness (QED) is 0.610. The van der Waals surface area contributed by atoms with Gasteiger partial charge in [-0.25, -0.2) is 18.1 Å². The number of rotatable bonds is 5. The summed E-state index contributed by atoms with van der Waals surface area (Å²) in [6.07, 6.45) is 1.24. The molecule has 106 valence electrons. The van der Waals surface area contributed by atoms with Gasteiger partial charge in [0.1, 0.15) is 12.2 Å². The van der Waals surface area contributed by atoms with Crippen molar-refractivity contribution in [2.45, 2.75) is 18.4 Å². The van der Waals surface area contributed by atoms with Crippen LogP contribution in [0.3, 0.4) is 0 Å². The highest BCUT2D eigenvalue weighted by molar-refractivity contribution is 7.89. The lowest BCUT2D eigenvalue weighted by Crippen LogP contribution is -2.25. The fourth-order valence-electron chi connectivity index (χ4n) is 1.68. The number of hydrogen-bond donors (Lipinski definition) is 2. The molecular formula is C10H11N5O4S. The molecule has 1 aromatic heterocycles. The van der Waals surface area contributed by atoms with Crippen LogP contribution in [0.4, 0.5) is 5.69 Å². The van der Waals surface area contributed by atoms with Gasteiger partial charge in [-0.3, -0.25) is 15.2 Å². The third-order valence-corrected chi connectivity index (χ3v) is 4.14. The van der Waals surface area contributed by atoms with Gasteiger partial charge >= 0.3 is 0 Å². The third kappa shape index (κ3) is 2.81. The fourth-order valence-corrected chi connectivity index (χ4v) is 3.06. The van der Waals surface area contributed by atoms with E-state index in [4.69, 9.17) is 0 Å². The SMILES string of the molecule is Cc1cccc([N+](=O)[O-])c1S(=O)(=O)NCc1ncn[nH]1. The molecule has 10 heteroatoms. The first kappa shape index (κ1) is 14.1. The molecule has 9 nitrogen and oxygen atoms in total. The Morgan fingerprint density at radius 1 is 1.45 bits per heavy atom. The molecule has 0 radical (unpaired) electrons. The van der Waals surface area contributed by atoms with Gasteiger partial charge < -0.3 is 0 Å². The van der Waals surface area contributed by atoms with Crippen LogP contribution in [-0.2, 0) is 16.6 Å². The number of aromatic amines is 1. The second-order valence-corrected chi connectivity index (χ2v) is 5.64. The zero-order valence-corrected chi connectivity index (χ0v) is 11.2. The number of aryl methyl sites for hydroxylation is 1. The van der Waals surface area contributed by atoms with Crippen molar-refractivity contribution in [2.24, 2.45) is 0 Å². The average molecular weight is 297 g/mol. The molecule has 0 fully saturated rings. The van der Waals surface area contributed by atoms with Crippen LogP contribution in [0.25, 0.3) is 0 Å². The number of hydrogen-bond acceptors (Lipinski definition) is 6. The first-order valence-corrected chi connectivity index (χ1v) is 6.98. The second-order valence-electron chi connectivity index (χ2n) is 3.94. The number of nitro benzene ring substituents is 1. The summed E-state index contributed by atoms with van der Waals surface area (Å²) in [7, 11) is -4.02. The maximum absolute atomic E-state index is 12.2. The Labute approximate surface area is 114 Å². The van der Waals surface area contributed by atoms with Gasteiger partial charge in [0, 0.05) is 6.07 Å². The van der Waals surface area contributed by atoms with Crippen molar-refractivity contribution in [2.75, 3.05) is 0 Å². The maximum atomic E-state index is 12.2. The molecule has 2 rings (SSSR count). The molecular weight excluding hydrogens is 286 g/mol. The molecule has 0 atom stereocenters. The predicted molar refractivity (Wildman–Crippen MR) is 68.2 cm³/mol. The van der Waals surface area contributed by atoms with Crippen LogP contribution in [0, 0.1) is 17.0 Å². The van der Waals surface area contributed by atoms with Gasteiger partial charge in [0.2, 0.25) is 10.0 Å². The number of sulfonamides is 1. The number of nitrogens with one attached hydrogen (secondary N) is 2. The Morgan fingerprint density at radius 3 is 2.80 bits per heavy atom. The van der Waals surface area contributed by atoms with E-state index in [-0.39, 0.29) is 11.4 Å². The summed E-state index contributed by atoms with van der Waals surface area (Å²) < 4.78 is 26.6. The molecule has 0 unspecified atom stereocenters. The Kier molecular flexibility index (Phi) is 3.77. The van der Waals surface area contributed by atoms with Crippen LogP contribution in [-0.4, -0.2) is 28.5 Å². The first-order valence-electron chi connectivity index (χ1n) is 5.50. The van der Waals surface area contributed by atoms with Crippen LogP contribution in [0.1, 0.15) is 11.4 Å². The first-order chi connectivity index (χ1) is 9.42. The second kappa shape index (κ2) is 5.35. The van der Waals surface area contributed by atoms with Gasteiger partial charge in [0.25, 0.3) is 5.69 Å². The highest BCUT2D eigenvalue weighted by Gasteiger charge is 2.27. The van der Waals surface area contributed by atoms with E-state index in [2.05, 4.69) is 19.9 Å². The van der Waals surface area contributed by atoms with Gasteiger partial charge in [-0.1, -0.05) is 12.1 Å². The summed E-state index contributed by atoms with van der Waals surface area (Å²) in [6, 6.07) is 4.08. The van der Waals surface area contributed by atoms with Crippen molar-refractivity contribution >= 4 is 15.7 Å². The van der Waals surface area contributed by atoms with Crippen LogP contribution in [0.2, 0.25) is 0 Å². The van der Waals surface area contributed by atoms with Gasteiger partial charge in [-0.2, -0.15) is 5.10 Å². The molecule has 0 amide bonds. The molecule has 0 aliphatic rings. The van der Waals surface area contributed by atoms with Crippen molar-refractivity contribution in [3.8, 4) is 0 Å². The van der Waals surface area contributed by atoms with Crippen molar-refractivity contribution in [1.82, 2.24) is 19.9 Å². The molecule has 0 aliphatic carbocycles. The Morgan fingerprint density at radius 2 is 2.20 bits per heavy atom. The van der Waals surface area contributed by atoms with Crippen molar-refractivity contribution < 1.29 is 13.3 Å². The minimum absolute atomic E-state index is 0.131. The minimum atomic E-state index is -4.02. The Balaban J connectivity index is 2.36. The van der Waals surface area contributed by atoms with E-state index in [1.54, 1.807) is 0 Å². The zero-order valence-electron chi connectivity index (χ0n) is 10.4. The zero-order chi connectivity index (χ0) is 14.8. The Hall–Kier alpha value is -2.33. The molecule has 2 N–H and O–H groups in total. The minimum Gasteiger partial charge on any atom is -0.262 e. The molecule has 0 saturated carbocycles. The molecule has 1 aromatic carbocycles. The molecule has 20 heavy (non-hydrogen) atoms. The summed E-state index contributed by atoms with van der Waals surface area (Å²) in [5.74, 6) is 0.310. The number of benzene rings is 1. The van der Waals surface area contributed by atoms with Gasteiger partial charge in [-0.15, -0.1) is 0 Å². The molecule has 2 aromatic rings. The van der Waals surface area contributed by atoms with Gasteiger partial charge in [0.15, 0.2) is 4.90 Å². The van der Waals surface area contributed by atoms with Gasteiger partial charge in [-0.05, 0) is 12.5 Å². The fraction of sp³-hybridized carbons (Fsp3) is 0.200. The van der Waals surface area contributed by atoms with E-state index in [9.17, 15) is 18.5 Å². The van der Waals surface area contributed by atoms with E-state index in [1.807, 2.05) is 0 Å². The molecule has 1 heterocycles.